The van der Waals surface area contributed by atoms with Gasteiger partial charge in [0.2, 0.25) is 0 Å². The van der Waals surface area contributed by atoms with Crippen LogP contribution in [0.2, 0.25) is 0 Å². The minimum atomic E-state index is -4.86. The zero-order chi connectivity index (χ0) is 14.9. The molecule has 0 bridgehead atoms. The second kappa shape index (κ2) is 4.99. The third-order valence-electron chi connectivity index (χ3n) is 2.47. The van der Waals surface area contributed by atoms with Crippen LogP contribution >= 0.6 is 0 Å². The van der Waals surface area contributed by atoms with Crippen molar-refractivity contribution < 1.29 is 22.4 Å². The van der Waals surface area contributed by atoms with Crippen molar-refractivity contribution in [3.05, 3.63) is 41.0 Å². The van der Waals surface area contributed by atoms with Crippen LogP contribution in [-0.2, 0) is 19.6 Å². The van der Waals surface area contributed by atoms with E-state index >= 15 is 0 Å². The Morgan fingerprint density at radius 2 is 2.05 bits per heavy atom. The fourth-order valence-electron chi connectivity index (χ4n) is 1.60. The van der Waals surface area contributed by atoms with Crippen molar-refractivity contribution in [3.63, 3.8) is 0 Å². The quantitative estimate of drug-likeness (QED) is 0.638. The fraction of sp³-hybridized carbons (Fsp3) is 0.273. The topological polar surface area (TPSA) is 60.7 Å². The summed E-state index contributed by atoms with van der Waals surface area (Å²) in [5, 5.41) is 10.7. The van der Waals surface area contributed by atoms with Crippen molar-refractivity contribution >= 4 is 5.78 Å². The number of alkyl halides is 3. The smallest absolute Gasteiger partial charge is 0.294 e. The second-order valence-electron chi connectivity index (χ2n) is 3.96. The molecule has 0 atom stereocenters. The van der Waals surface area contributed by atoms with Crippen molar-refractivity contribution in [1.82, 2.24) is 20.2 Å². The van der Waals surface area contributed by atoms with Crippen molar-refractivity contribution in [2.75, 3.05) is 0 Å². The van der Waals surface area contributed by atoms with Crippen LogP contribution < -0.4 is 0 Å². The molecule has 1 aromatic carbocycles. The fourth-order valence-corrected chi connectivity index (χ4v) is 1.60. The van der Waals surface area contributed by atoms with Crippen LogP contribution in [-0.4, -0.2) is 26.0 Å². The summed E-state index contributed by atoms with van der Waals surface area (Å²) in [7, 11) is 1.46. The van der Waals surface area contributed by atoms with Crippen LogP contribution in [0.1, 0.15) is 21.7 Å². The maximum absolute atomic E-state index is 13.7. The summed E-state index contributed by atoms with van der Waals surface area (Å²) in [5.41, 5.74) is -2.12. The first kappa shape index (κ1) is 14.1. The molecule has 1 aromatic heterocycles. The van der Waals surface area contributed by atoms with Crippen molar-refractivity contribution in [2.24, 2.45) is 7.05 Å². The molecule has 0 aliphatic rings. The predicted molar refractivity (Wildman–Crippen MR) is 58.2 cm³/mol. The number of rotatable bonds is 3. The molecule has 0 N–H and O–H groups in total. The van der Waals surface area contributed by atoms with Gasteiger partial charge in [0.25, 0.3) is 0 Å². The highest BCUT2D eigenvalue weighted by Crippen LogP contribution is 2.32. The number of halogens is 4. The van der Waals surface area contributed by atoms with Gasteiger partial charge in [0, 0.05) is 0 Å². The van der Waals surface area contributed by atoms with Crippen LogP contribution in [0.5, 0.6) is 0 Å². The number of hydrogen-bond acceptors (Lipinski definition) is 4. The monoisotopic (exact) mass is 288 g/mol. The molecule has 0 aliphatic heterocycles. The molecule has 5 nitrogen and oxygen atoms in total. The van der Waals surface area contributed by atoms with Crippen LogP contribution in [0.4, 0.5) is 17.6 Å². The van der Waals surface area contributed by atoms with E-state index in [1.165, 1.54) is 7.05 Å². The van der Waals surface area contributed by atoms with Crippen LogP contribution in [0.25, 0.3) is 0 Å². The lowest BCUT2D eigenvalue weighted by Gasteiger charge is -2.09. The maximum atomic E-state index is 13.7. The zero-order valence-electron chi connectivity index (χ0n) is 10.1. The van der Waals surface area contributed by atoms with Gasteiger partial charge in [-0.1, -0.05) is 6.07 Å². The summed E-state index contributed by atoms with van der Waals surface area (Å²) >= 11 is 0. The van der Waals surface area contributed by atoms with Crippen LogP contribution in [0, 0.1) is 5.82 Å². The third kappa shape index (κ3) is 2.81. The first-order valence-electron chi connectivity index (χ1n) is 5.41. The molecular weight excluding hydrogens is 280 g/mol. The lowest BCUT2D eigenvalue weighted by molar-refractivity contribution is -0.140. The summed E-state index contributed by atoms with van der Waals surface area (Å²) in [5.74, 6) is -2.43. The van der Waals surface area contributed by atoms with Gasteiger partial charge in [-0.2, -0.15) is 18.0 Å². The number of hydrogen-bond donors (Lipinski definition) is 0. The SMILES string of the molecule is Cn1nnc(CC(=O)c2cccc(C(F)(F)F)c2F)n1. The van der Waals surface area contributed by atoms with E-state index in [-0.39, 0.29) is 5.82 Å². The van der Waals surface area contributed by atoms with E-state index < -0.39 is 35.3 Å². The molecule has 20 heavy (non-hydrogen) atoms. The zero-order valence-corrected chi connectivity index (χ0v) is 10.1. The minimum absolute atomic E-state index is 0.00862. The predicted octanol–water partition coefficient (Wildman–Crippen LogP) is 1.79. The minimum Gasteiger partial charge on any atom is -0.294 e. The summed E-state index contributed by atoms with van der Waals surface area (Å²) in [6, 6.07) is 2.54. The summed E-state index contributed by atoms with van der Waals surface area (Å²) in [6.07, 6.45) is -5.28. The number of aromatic nitrogens is 4. The molecule has 9 heteroatoms. The van der Waals surface area contributed by atoms with E-state index in [4.69, 9.17) is 0 Å². The Kier molecular flexibility index (Phi) is 3.51. The number of benzene rings is 1. The number of nitrogens with zero attached hydrogens (tertiary/aromatic N) is 4. The van der Waals surface area contributed by atoms with Crippen molar-refractivity contribution in [1.29, 1.82) is 0 Å². The van der Waals surface area contributed by atoms with Gasteiger partial charge in [0.05, 0.1) is 24.6 Å². The largest absolute Gasteiger partial charge is 0.419 e. The molecule has 0 aliphatic carbocycles. The Morgan fingerprint density at radius 3 is 2.60 bits per heavy atom. The van der Waals surface area contributed by atoms with Gasteiger partial charge in [0.1, 0.15) is 5.82 Å². The average Bonchev–Trinajstić information content (AvgIpc) is 2.73. The Balaban J connectivity index is 2.31. The van der Waals surface area contributed by atoms with E-state index in [2.05, 4.69) is 15.4 Å². The normalized spacial score (nSPS) is 11.7. The number of tetrazole rings is 1. The molecule has 0 saturated carbocycles. The van der Waals surface area contributed by atoms with E-state index in [0.717, 1.165) is 16.9 Å². The molecule has 0 unspecified atom stereocenters. The van der Waals surface area contributed by atoms with E-state index in [1.54, 1.807) is 0 Å². The number of Topliss-reactive ketones (excluding diaryl/α,β-unsaturated/α-hetero) is 1. The second-order valence-corrected chi connectivity index (χ2v) is 3.96. The highest BCUT2D eigenvalue weighted by atomic mass is 19.4. The molecule has 2 rings (SSSR count). The van der Waals surface area contributed by atoms with Gasteiger partial charge in [-0.15, -0.1) is 10.2 Å². The Bertz CT molecular complexity index is 650. The molecule has 1 heterocycles. The number of ketones is 1. The van der Waals surface area contributed by atoms with Gasteiger partial charge >= 0.3 is 6.18 Å². The van der Waals surface area contributed by atoms with Gasteiger partial charge < -0.3 is 0 Å². The molecule has 0 fully saturated rings. The molecule has 0 amide bonds. The third-order valence-corrected chi connectivity index (χ3v) is 2.47. The van der Waals surface area contributed by atoms with Crippen LogP contribution in [0.3, 0.4) is 0 Å². The highest BCUT2D eigenvalue weighted by Gasteiger charge is 2.35. The summed E-state index contributed by atoms with van der Waals surface area (Å²) in [4.78, 5) is 12.9. The average molecular weight is 288 g/mol. The molecular formula is C11H8F4N4O. The number of carbonyl (C=O) groups is 1. The summed E-state index contributed by atoms with van der Waals surface area (Å²) in [6.45, 7) is 0. The first-order chi connectivity index (χ1) is 9.29. The Labute approximate surface area is 110 Å². The lowest BCUT2D eigenvalue weighted by atomic mass is 10.0. The molecule has 2 aromatic rings. The highest BCUT2D eigenvalue weighted by molar-refractivity contribution is 5.97. The van der Waals surface area contributed by atoms with Crippen molar-refractivity contribution in [3.8, 4) is 0 Å². The van der Waals surface area contributed by atoms with Gasteiger partial charge in [0.15, 0.2) is 11.6 Å². The molecule has 106 valence electrons. The van der Waals surface area contributed by atoms with Gasteiger partial charge in [-0.3, -0.25) is 4.79 Å². The van der Waals surface area contributed by atoms with Crippen LogP contribution in [0.15, 0.2) is 18.2 Å². The standard InChI is InChI=1S/C11H8F4N4O/c1-19-17-9(16-18-19)5-8(20)6-3-2-4-7(10(6)12)11(13,14)15/h2-4H,5H2,1H3. The van der Waals surface area contributed by atoms with E-state index in [0.29, 0.717) is 6.07 Å². The molecule has 0 saturated heterocycles. The Morgan fingerprint density at radius 1 is 1.35 bits per heavy atom. The molecule has 0 spiro atoms. The van der Waals surface area contributed by atoms with Gasteiger partial charge in [-0.25, -0.2) is 4.39 Å². The van der Waals surface area contributed by atoms with Gasteiger partial charge in [-0.05, 0) is 17.3 Å². The van der Waals surface area contributed by atoms with E-state index in [9.17, 15) is 22.4 Å². The lowest BCUT2D eigenvalue weighted by Crippen LogP contribution is -2.14. The summed E-state index contributed by atoms with van der Waals surface area (Å²) < 4.78 is 51.3. The maximum Gasteiger partial charge on any atom is 0.419 e. The number of carbonyl (C=O) groups excluding carboxylic acids is 1. The van der Waals surface area contributed by atoms with Crippen molar-refractivity contribution in [2.45, 2.75) is 12.6 Å². The Hall–Kier alpha value is -2.32. The number of aryl methyl sites for hydroxylation is 1. The first-order valence-corrected chi connectivity index (χ1v) is 5.41. The van der Waals surface area contributed by atoms with E-state index in [1.807, 2.05) is 0 Å². The molecule has 0 radical (unpaired) electrons.